The van der Waals surface area contributed by atoms with Crippen LogP contribution in [0.1, 0.15) is 0 Å². The number of hydrogen-bond donors (Lipinski definition) is 1. The number of halogens is 1. The standard InChI is InChI=1S/C8H4ClN3O3/c9-6-2-1-4-7(11-6)8(13)5(3-10-4)12(14)15/h1-3H,(H,10,13). The highest BCUT2D eigenvalue weighted by molar-refractivity contribution is 6.29. The Kier molecular flexibility index (Phi) is 2.12. The predicted molar refractivity (Wildman–Crippen MR) is 52.9 cm³/mol. The second-order valence-electron chi connectivity index (χ2n) is 2.75. The van der Waals surface area contributed by atoms with Gasteiger partial charge in [0.1, 0.15) is 16.9 Å². The maximum Gasteiger partial charge on any atom is 0.331 e. The lowest BCUT2D eigenvalue weighted by atomic mass is 10.3. The van der Waals surface area contributed by atoms with Gasteiger partial charge in [-0.1, -0.05) is 11.6 Å². The molecule has 0 spiro atoms. The minimum Gasteiger partial charge on any atom is -0.500 e. The molecule has 76 valence electrons. The maximum absolute atomic E-state index is 10.5. The molecule has 0 aliphatic heterocycles. The lowest BCUT2D eigenvalue weighted by Gasteiger charge is -2.00. The molecule has 0 aliphatic carbocycles. The molecular weight excluding hydrogens is 222 g/mol. The van der Waals surface area contributed by atoms with Crippen molar-refractivity contribution in [1.29, 1.82) is 0 Å². The van der Waals surface area contributed by atoms with Crippen LogP contribution in [-0.2, 0) is 0 Å². The second-order valence-corrected chi connectivity index (χ2v) is 3.14. The zero-order valence-electron chi connectivity index (χ0n) is 7.22. The largest absolute Gasteiger partial charge is 0.500 e. The van der Waals surface area contributed by atoms with Crippen LogP contribution in [0, 0.1) is 10.1 Å². The minimum atomic E-state index is -0.732. The summed E-state index contributed by atoms with van der Waals surface area (Å²) in [5.74, 6) is -0.521. The van der Waals surface area contributed by atoms with Crippen LogP contribution < -0.4 is 0 Å². The number of aromatic nitrogens is 2. The van der Waals surface area contributed by atoms with E-state index in [2.05, 4.69) is 9.97 Å². The number of nitrogens with zero attached hydrogens (tertiary/aromatic N) is 3. The van der Waals surface area contributed by atoms with Crippen LogP contribution in [0.15, 0.2) is 18.3 Å². The Labute approximate surface area is 88.3 Å². The number of fused-ring (bicyclic) bond motifs is 1. The second kappa shape index (κ2) is 3.32. The van der Waals surface area contributed by atoms with Crippen molar-refractivity contribution in [2.24, 2.45) is 0 Å². The van der Waals surface area contributed by atoms with Gasteiger partial charge in [-0.15, -0.1) is 0 Å². The molecule has 0 amide bonds. The summed E-state index contributed by atoms with van der Waals surface area (Å²) < 4.78 is 0. The first-order chi connectivity index (χ1) is 7.09. The van der Waals surface area contributed by atoms with E-state index in [0.29, 0.717) is 5.52 Å². The number of pyridine rings is 2. The number of nitro groups is 1. The van der Waals surface area contributed by atoms with Crippen molar-refractivity contribution < 1.29 is 10.0 Å². The van der Waals surface area contributed by atoms with Crippen molar-refractivity contribution >= 4 is 28.3 Å². The van der Waals surface area contributed by atoms with Crippen molar-refractivity contribution in [2.45, 2.75) is 0 Å². The molecule has 1 N–H and O–H groups in total. The number of aromatic hydroxyl groups is 1. The van der Waals surface area contributed by atoms with Crippen LogP contribution in [0.5, 0.6) is 5.75 Å². The van der Waals surface area contributed by atoms with Crippen molar-refractivity contribution in [3.8, 4) is 5.75 Å². The fourth-order valence-corrected chi connectivity index (χ4v) is 1.30. The van der Waals surface area contributed by atoms with E-state index in [1.165, 1.54) is 12.1 Å². The third-order valence-electron chi connectivity index (χ3n) is 1.83. The summed E-state index contributed by atoms with van der Waals surface area (Å²) >= 11 is 5.60. The zero-order valence-corrected chi connectivity index (χ0v) is 7.97. The Bertz CT molecular complexity index is 558. The van der Waals surface area contributed by atoms with Crippen LogP contribution in [0.3, 0.4) is 0 Å². The molecule has 7 heteroatoms. The molecule has 0 atom stereocenters. The van der Waals surface area contributed by atoms with Crippen LogP contribution in [0.2, 0.25) is 5.15 Å². The van der Waals surface area contributed by atoms with Gasteiger partial charge in [-0.25, -0.2) is 9.97 Å². The summed E-state index contributed by atoms with van der Waals surface area (Å²) in [7, 11) is 0. The van der Waals surface area contributed by atoms with E-state index < -0.39 is 16.4 Å². The van der Waals surface area contributed by atoms with Crippen LogP contribution in [-0.4, -0.2) is 20.0 Å². The Hall–Kier alpha value is -1.95. The quantitative estimate of drug-likeness (QED) is 0.455. The van der Waals surface area contributed by atoms with Crippen molar-refractivity contribution in [1.82, 2.24) is 9.97 Å². The first-order valence-corrected chi connectivity index (χ1v) is 4.26. The first kappa shape index (κ1) is 9.60. The molecule has 2 aromatic heterocycles. The minimum absolute atomic E-state index is 0.0247. The van der Waals surface area contributed by atoms with E-state index in [4.69, 9.17) is 11.6 Å². The van der Waals surface area contributed by atoms with Gasteiger partial charge in [0.25, 0.3) is 0 Å². The molecule has 0 aliphatic rings. The predicted octanol–water partition coefficient (Wildman–Crippen LogP) is 1.90. The van der Waals surface area contributed by atoms with Crippen molar-refractivity contribution in [3.05, 3.63) is 33.6 Å². The fraction of sp³-hybridized carbons (Fsp3) is 0. The Balaban J connectivity index is 2.82. The van der Waals surface area contributed by atoms with E-state index in [1.54, 1.807) is 0 Å². The highest BCUT2D eigenvalue weighted by atomic mass is 35.5. The van der Waals surface area contributed by atoms with E-state index in [9.17, 15) is 15.2 Å². The maximum atomic E-state index is 10.5. The molecule has 0 aromatic carbocycles. The van der Waals surface area contributed by atoms with E-state index in [-0.39, 0.29) is 10.7 Å². The number of rotatable bonds is 1. The fourth-order valence-electron chi connectivity index (χ4n) is 1.15. The van der Waals surface area contributed by atoms with Crippen molar-refractivity contribution in [3.63, 3.8) is 0 Å². The molecule has 6 nitrogen and oxygen atoms in total. The summed E-state index contributed by atoms with van der Waals surface area (Å²) in [6.45, 7) is 0. The van der Waals surface area contributed by atoms with Crippen LogP contribution in [0.4, 0.5) is 5.69 Å². The third-order valence-corrected chi connectivity index (χ3v) is 2.04. The normalized spacial score (nSPS) is 10.5. The number of hydrogen-bond acceptors (Lipinski definition) is 5. The topological polar surface area (TPSA) is 89.2 Å². The summed E-state index contributed by atoms with van der Waals surface area (Å²) in [5, 5.41) is 20.2. The van der Waals surface area contributed by atoms with Gasteiger partial charge in [0.15, 0.2) is 0 Å². The van der Waals surface area contributed by atoms with Gasteiger partial charge in [0.2, 0.25) is 5.75 Å². The summed E-state index contributed by atoms with van der Waals surface area (Å²) in [6.07, 6.45) is 0.979. The Morgan fingerprint density at radius 2 is 2.20 bits per heavy atom. The Morgan fingerprint density at radius 1 is 1.47 bits per heavy atom. The Morgan fingerprint density at radius 3 is 2.87 bits per heavy atom. The van der Waals surface area contributed by atoms with E-state index in [1.807, 2.05) is 0 Å². The molecule has 0 bridgehead atoms. The van der Waals surface area contributed by atoms with Gasteiger partial charge in [0.05, 0.1) is 10.4 Å². The molecule has 2 rings (SSSR count). The van der Waals surface area contributed by atoms with Crippen molar-refractivity contribution in [2.75, 3.05) is 0 Å². The van der Waals surface area contributed by atoms with Crippen LogP contribution in [0.25, 0.3) is 11.0 Å². The SMILES string of the molecule is O=[N+]([O-])c1cnc2ccc(Cl)nc2c1O. The van der Waals surface area contributed by atoms with Gasteiger partial charge >= 0.3 is 5.69 Å². The molecule has 15 heavy (non-hydrogen) atoms. The van der Waals surface area contributed by atoms with E-state index in [0.717, 1.165) is 6.20 Å². The molecule has 2 heterocycles. The summed E-state index contributed by atoms with van der Waals surface area (Å²) in [5.41, 5.74) is -0.114. The zero-order chi connectivity index (χ0) is 11.0. The molecule has 0 fully saturated rings. The van der Waals surface area contributed by atoms with Gasteiger partial charge in [-0.05, 0) is 12.1 Å². The van der Waals surface area contributed by atoms with Gasteiger partial charge in [-0.2, -0.15) is 0 Å². The lowest BCUT2D eigenvalue weighted by Crippen LogP contribution is -1.92. The average Bonchev–Trinajstić information content (AvgIpc) is 2.19. The monoisotopic (exact) mass is 225 g/mol. The molecular formula is C8H4ClN3O3. The first-order valence-electron chi connectivity index (χ1n) is 3.88. The molecule has 0 unspecified atom stereocenters. The molecule has 0 saturated carbocycles. The highest BCUT2D eigenvalue weighted by Crippen LogP contribution is 2.31. The average molecular weight is 226 g/mol. The summed E-state index contributed by atoms with van der Waals surface area (Å²) in [6, 6.07) is 3.01. The third kappa shape index (κ3) is 1.55. The summed E-state index contributed by atoms with van der Waals surface area (Å²) in [4.78, 5) is 17.3. The van der Waals surface area contributed by atoms with E-state index >= 15 is 0 Å². The molecule has 0 radical (unpaired) electrons. The van der Waals surface area contributed by atoms with Gasteiger partial charge < -0.3 is 5.11 Å². The molecule has 2 aromatic rings. The smallest absolute Gasteiger partial charge is 0.331 e. The van der Waals surface area contributed by atoms with Crippen LogP contribution >= 0.6 is 11.6 Å². The van der Waals surface area contributed by atoms with Gasteiger partial charge in [-0.3, -0.25) is 10.1 Å². The van der Waals surface area contributed by atoms with Gasteiger partial charge in [0, 0.05) is 0 Å². The lowest BCUT2D eigenvalue weighted by molar-refractivity contribution is -0.386. The highest BCUT2D eigenvalue weighted by Gasteiger charge is 2.18. The molecule has 0 saturated heterocycles.